The zero-order valence-electron chi connectivity index (χ0n) is 16.8. The number of para-hydroxylation sites is 1. The highest BCUT2D eigenvalue weighted by atomic mass is 32.1. The number of ether oxygens (including phenoxy) is 1. The molecular weight excluding hydrogens is 386 g/mol. The molecule has 2 aliphatic rings. The summed E-state index contributed by atoms with van der Waals surface area (Å²) in [6.07, 6.45) is 4.97. The van der Waals surface area contributed by atoms with Gasteiger partial charge in [-0.3, -0.25) is 9.59 Å². The fraction of sp³-hybridized carbons (Fsp3) is 0.591. The second-order valence-corrected chi connectivity index (χ2v) is 8.99. The molecule has 2 fully saturated rings. The van der Waals surface area contributed by atoms with Crippen LogP contribution in [0.5, 0.6) is 0 Å². The summed E-state index contributed by atoms with van der Waals surface area (Å²) in [4.78, 5) is 33.7. The molecule has 1 aromatic carbocycles. The van der Waals surface area contributed by atoms with Crippen molar-refractivity contribution < 1.29 is 14.3 Å². The molecule has 0 atom stereocenters. The van der Waals surface area contributed by atoms with Crippen LogP contribution < -0.4 is 0 Å². The van der Waals surface area contributed by atoms with Crippen molar-refractivity contribution in [2.24, 2.45) is 5.92 Å². The standard InChI is InChI=1S/C22H29N3O3S/c26-21(8-4-3-7-20-23-18-5-1-2-6-19(18)29-20)24-11-9-17(10-12-24)22(27)25-13-15-28-16-14-25/h1-2,5-6,17H,3-4,7-16H2. The Balaban J connectivity index is 1.15. The van der Waals surface area contributed by atoms with Gasteiger partial charge < -0.3 is 14.5 Å². The van der Waals surface area contributed by atoms with E-state index in [4.69, 9.17) is 4.74 Å². The van der Waals surface area contributed by atoms with E-state index in [1.807, 2.05) is 28.0 Å². The van der Waals surface area contributed by atoms with E-state index in [9.17, 15) is 9.59 Å². The van der Waals surface area contributed by atoms with Gasteiger partial charge in [-0.05, 0) is 44.2 Å². The molecular formula is C22H29N3O3S. The average Bonchev–Trinajstić information content (AvgIpc) is 3.20. The monoisotopic (exact) mass is 415 g/mol. The number of nitrogens with zero attached hydrogens (tertiary/aromatic N) is 3. The van der Waals surface area contributed by atoms with Crippen molar-refractivity contribution >= 4 is 33.4 Å². The number of hydrogen-bond acceptors (Lipinski definition) is 5. The summed E-state index contributed by atoms with van der Waals surface area (Å²) in [5.41, 5.74) is 1.07. The van der Waals surface area contributed by atoms with Gasteiger partial charge in [-0.25, -0.2) is 4.98 Å². The fourth-order valence-electron chi connectivity index (χ4n) is 4.16. The maximum absolute atomic E-state index is 12.6. The highest BCUT2D eigenvalue weighted by molar-refractivity contribution is 7.18. The lowest BCUT2D eigenvalue weighted by Gasteiger charge is -2.35. The van der Waals surface area contributed by atoms with Crippen LogP contribution in [-0.4, -0.2) is 66.0 Å². The molecule has 2 aliphatic heterocycles. The third-order valence-corrected chi connectivity index (χ3v) is 6.99. The lowest BCUT2D eigenvalue weighted by atomic mass is 9.94. The van der Waals surface area contributed by atoms with Crippen molar-refractivity contribution in [2.45, 2.75) is 38.5 Å². The number of benzene rings is 1. The van der Waals surface area contributed by atoms with Crippen molar-refractivity contribution in [3.8, 4) is 0 Å². The van der Waals surface area contributed by atoms with Crippen LogP contribution in [0.25, 0.3) is 10.2 Å². The Morgan fingerprint density at radius 3 is 2.55 bits per heavy atom. The molecule has 2 aromatic rings. The van der Waals surface area contributed by atoms with Gasteiger partial charge in [0, 0.05) is 38.5 Å². The first kappa shape index (κ1) is 20.3. The SMILES string of the molecule is O=C(CCCCc1nc2ccccc2s1)N1CCC(C(=O)N2CCOCC2)CC1. The summed E-state index contributed by atoms with van der Waals surface area (Å²) in [6.45, 7) is 4.09. The molecule has 29 heavy (non-hydrogen) atoms. The van der Waals surface area contributed by atoms with E-state index in [1.165, 1.54) is 4.70 Å². The minimum Gasteiger partial charge on any atom is -0.378 e. The zero-order valence-corrected chi connectivity index (χ0v) is 17.7. The molecule has 0 unspecified atom stereocenters. The van der Waals surface area contributed by atoms with Gasteiger partial charge in [0.05, 0.1) is 28.4 Å². The van der Waals surface area contributed by atoms with Crippen LogP contribution in [0.2, 0.25) is 0 Å². The summed E-state index contributed by atoms with van der Waals surface area (Å²) in [5.74, 6) is 0.541. The second-order valence-electron chi connectivity index (χ2n) is 7.88. The number of thiazole rings is 1. The number of hydrogen-bond donors (Lipinski definition) is 0. The van der Waals surface area contributed by atoms with E-state index < -0.39 is 0 Å². The van der Waals surface area contributed by atoms with E-state index >= 15 is 0 Å². The molecule has 0 spiro atoms. The molecule has 4 rings (SSSR count). The number of morpholine rings is 1. The lowest BCUT2D eigenvalue weighted by molar-refractivity contribution is -0.143. The number of unbranched alkanes of at least 4 members (excludes halogenated alkanes) is 1. The number of aromatic nitrogens is 1. The Kier molecular flexibility index (Phi) is 6.77. The van der Waals surface area contributed by atoms with Crippen molar-refractivity contribution in [1.29, 1.82) is 0 Å². The smallest absolute Gasteiger partial charge is 0.225 e. The summed E-state index contributed by atoms with van der Waals surface area (Å²) in [7, 11) is 0. The van der Waals surface area contributed by atoms with Crippen LogP contribution in [0.1, 0.15) is 37.1 Å². The van der Waals surface area contributed by atoms with Crippen LogP contribution >= 0.6 is 11.3 Å². The third-order valence-electron chi connectivity index (χ3n) is 5.89. The number of aryl methyl sites for hydroxylation is 1. The predicted molar refractivity (Wildman–Crippen MR) is 114 cm³/mol. The summed E-state index contributed by atoms with van der Waals surface area (Å²) < 4.78 is 6.56. The van der Waals surface area contributed by atoms with E-state index in [2.05, 4.69) is 11.1 Å². The summed E-state index contributed by atoms with van der Waals surface area (Å²) in [5, 5.41) is 1.15. The highest BCUT2D eigenvalue weighted by Crippen LogP contribution is 2.24. The van der Waals surface area contributed by atoms with Crippen LogP contribution in [0.4, 0.5) is 0 Å². The first-order valence-corrected chi connectivity index (χ1v) is 11.5. The number of amides is 2. The van der Waals surface area contributed by atoms with Gasteiger partial charge in [0.2, 0.25) is 11.8 Å². The molecule has 156 valence electrons. The third kappa shape index (κ3) is 5.14. The van der Waals surface area contributed by atoms with Crippen LogP contribution in [0, 0.1) is 5.92 Å². The largest absolute Gasteiger partial charge is 0.378 e. The predicted octanol–water partition coefficient (Wildman–Crippen LogP) is 3.11. The van der Waals surface area contributed by atoms with Crippen molar-refractivity contribution in [3.05, 3.63) is 29.3 Å². The molecule has 2 amide bonds. The minimum absolute atomic E-state index is 0.0659. The fourth-order valence-corrected chi connectivity index (χ4v) is 5.16. The van der Waals surface area contributed by atoms with Crippen LogP contribution in [0.15, 0.2) is 24.3 Å². The maximum atomic E-state index is 12.6. The van der Waals surface area contributed by atoms with E-state index in [1.54, 1.807) is 11.3 Å². The minimum atomic E-state index is 0.0659. The van der Waals surface area contributed by atoms with Crippen molar-refractivity contribution in [1.82, 2.24) is 14.8 Å². The van der Waals surface area contributed by atoms with Gasteiger partial charge >= 0.3 is 0 Å². The van der Waals surface area contributed by atoms with Crippen LogP contribution in [-0.2, 0) is 20.7 Å². The van der Waals surface area contributed by atoms with Gasteiger partial charge in [0.15, 0.2) is 0 Å². The normalized spacial score (nSPS) is 18.3. The molecule has 0 N–H and O–H groups in total. The van der Waals surface area contributed by atoms with Crippen LogP contribution in [0.3, 0.4) is 0 Å². The van der Waals surface area contributed by atoms with Gasteiger partial charge in [-0.15, -0.1) is 11.3 Å². The molecule has 0 aliphatic carbocycles. The molecule has 3 heterocycles. The Bertz CT molecular complexity index is 806. The van der Waals surface area contributed by atoms with Gasteiger partial charge in [0.1, 0.15) is 0 Å². The molecule has 0 bridgehead atoms. The Hall–Kier alpha value is -1.99. The number of carbonyl (C=O) groups excluding carboxylic acids is 2. The van der Waals surface area contributed by atoms with Crippen molar-refractivity contribution in [3.63, 3.8) is 0 Å². The Morgan fingerprint density at radius 2 is 1.79 bits per heavy atom. The molecule has 7 heteroatoms. The second kappa shape index (κ2) is 9.67. The molecule has 0 radical (unpaired) electrons. The van der Waals surface area contributed by atoms with Gasteiger partial charge in [-0.1, -0.05) is 12.1 Å². The summed E-state index contributed by atoms with van der Waals surface area (Å²) in [6, 6.07) is 8.21. The molecule has 6 nitrogen and oxygen atoms in total. The van der Waals surface area contributed by atoms with E-state index in [-0.39, 0.29) is 17.7 Å². The van der Waals surface area contributed by atoms with E-state index in [0.717, 1.165) is 42.6 Å². The van der Waals surface area contributed by atoms with Crippen molar-refractivity contribution in [2.75, 3.05) is 39.4 Å². The number of fused-ring (bicyclic) bond motifs is 1. The number of likely N-dealkylation sites (tertiary alicyclic amines) is 1. The topological polar surface area (TPSA) is 62.7 Å². The van der Waals surface area contributed by atoms with E-state index in [0.29, 0.717) is 45.8 Å². The number of piperidine rings is 1. The lowest BCUT2D eigenvalue weighted by Crippen LogP contribution is -2.47. The quantitative estimate of drug-likeness (QED) is 0.680. The number of rotatable bonds is 6. The maximum Gasteiger partial charge on any atom is 0.225 e. The highest BCUT2D eigenvalue weighted by Gasteiger charge is 2.30. The Morgan fingerprint density at radius 1 is 1.03 bits per heavy atom. The first-order valence-electron chi connectivity index (χ1n) is 10.7. The number of carbonyl (C=O) groups is 2. The average molecular weight is 416 g/mol. The molecule has 1 aromatic heterocycles. The summed E-state index contributed by atoms with van der Waals surface area (Å²) >= 11 is 1.75. The Labute approximate surface area is 175 Å². The van der Waals surface area contributed by atoms with Gasteiger partial charge in [-0.2, -0.15) is 0 Å². The first-order chi connectivity index (χ1) is 14.2. The van der Waals surface area contributed by atoms with Gasteiger partial charge in [0.25, 0.3) is 0 Å². The zero-order chi connectivity index (χ0) is 20.1. The molecule has 2 saturated heterocycles. The molecule has 0 saturated carbocycles.